The molecule has 8 heteroatoms. The van der Waals surface area contributed by atoms with Crippen molar-refractivity contribution in [3.8, 4) is 5.75 Å². The topological polar surface area (TPSA) is 76.9 Å². The number of piperazine rings is 1. The van der Waals surface area contributed by atoms with Crippen LogP contribution in [0.1, 0.15) is 29.8 Å². The Morgan fingerprint density at radius 2 is 1.73 bits per heavy atom. The zero-order valence-corrected chi connectivity index (χ0v) is 19.6. The third-order valence-corrected chi connectivity index (χ3v) is 6.18. The number of methoxy groups -OCH3 is 2. The van der Waals surface area contributed by atoms with E-state index < -0.39 is 5.97 Å². The lowest BCUT2D eigenvalue weighted by Gasteiger charge is -2.38. The molecule has 2 heterocycles. The fourth-order valence-corrected chi connectivity index (χ4v) is 4.19. The molecule has 8 nitrogen and oxygen atoms in total. The summed E-state index contributed by atoms with van der Waals surface area (Å²) in [6, 6.07) is 13.1. The highest BCUT2D eigenvalue weighted by molar-refractivity contribution is 5.94. The van der Waals surface area contributed by atoms with E-state index in [-0.39, 0.29) is 5.56 Å². The van der Waals surface area contributed by atoms with Crippen molar-refractivity contribution < 1.29 is 14.3 Å². The number of hydrogen-bond donors (Lipinski definition) is 0. The van der Waals surface area contributed by atoms with E-state index in [1.807, 2.05) is 24.3 Å². The third kappa shape index (κ3) is 4.71. The van der Waals surface area contributed by atoms with Crippen LogP contribution in [0, 0.1) is 0 Å². The highest BCUT2D eigenvalue weighted by Crippen LogP contribution is 2.21. The molecule has 0 unspecified atom stereocenters. The summed E-state index contributed by atoms with van der Waals surface area (Å²) in [7, 11) is 2.97. The van der Waals surface area contributed by atoms with Gasteiger partial charge in [0.2, 0.25) is 5.95 Å². The van der Waals surface area contributed by atoms with Gasteiger partial charge >= 0.3 is 5.97 Å². The normalized spacial score (nSPS) is 14.6. The van der Waals surface area contributed by atoms with Crippen molar-refractivity contribution in [2.45, 2.75) is 26.4 Å². The molecule has 2 aromatic carbocycles. The van der Waals surface area contributed by atoms with Crippen LogP contribution in [0.4, 0.5) is 5.95 Å². The minimum atomic E-state index is -0.451. The van der Waals surface area contributed by atoms with Gasteiger partial charge in [0.15, 0.2) is 0 Å². The van der Waals surface area contributed by atoms with E-state index >= 15 is 0 Å². The molecule has 4 rings (SSSR count). The quantitative estimate of drug-likeness (QED) is 0.535. The van der Waals surface area contributed by atoms with Crippen molar-refractivity contribution in [2.24, 2.45) is 0 Å². The van der Waals surface area contributed by atoms with Crippen molar-refractivity contribution in [1.82, 2.24) is 14.5 Å². The van der Waals surface area contributed by atoms with Crippen LogP contribution in [-0.2, 0) is 11.3 Å². The van der Waals surface area contributed by atoms with Gasteiger partial charge in [0, 0.05) is 32.2 Å². The van der Waals surface area contributed by atoms with Crippen molar-refractivity contribution in [2.75, 3.05) is 45.3 Å². The van der Waals surface area contributed by atoms with E-state index in [9.17, 15) is 9.59 Å². The molecule has 0 atom stereocenters. The first-order valence-electron chi connectivity index (χ1n) is 11.2. The number of carbonyl (C=O) groups is 1. The monoisotopic (exact) mass is 450 g/mol. The van der Waals surface area contributed by atoms with Gasteiger partial charge in [0.05, 0.1) is 37.2 Å². The van der Waals surface area contributed by atoms with Gasteiger partial charge in [-0.15, -0.1) is 0 Å². The molecule has 0 spiro atoms. The lowest BCUT2D eigenvalue weighted by molar-refractivity contribution is 0.0601. The molecule has 1 saturated heterocycles. The maximum atomic E-state index is 13.6. The number of nitrogens with zero attached hydrogens (tertiary/aromatic N) is 4. The molecule has 0 bridgehead atoms. The molecular formula is C25H30N4O4. The Morgan fingerprint density at radius 3 is 2.33 bits per heavy atom. The van der Waals surface area contributed by atoms with Crippen LogP contribution in [0.2, 0.25) is 0 Å². The van der Waals surface area contributed by atoms with Crippen LogP contribution in [0.25, 0.3) is 10.9 Å². The first kappa shape index (κ1) is 22.8. The van der Waals surface area contributed by atoms with Gasteiger partial charge in [-0.05, 0) is 49.7 Å². The number of fused-ring (bicyclic) bond motifs is 1. The minimum Gasteiger partial charge on any atom is -0.497 e. The molecule has 1 aliphatic heterocycles. The van der Waals surface area contributed by atoms with Crippen molar-refractivity contribution in [1.29, 1.82) is 0 Å². The largest absolute Gasteiger partial charge is 0.497 e. The predicted octanol–water partition coefficient (Wildman–Crippen LogP) is 2.77. The number of rotatable bonds is 6. The van der Waals surface area contributed by atoms with Gasteiger partial charge in [0.25, 0.3) is 5.56 Å². The average Bonchev–Trinajstić information content (AvgIpc) is 2.85. The molecule has 0 radical (unpaired) electrons. The van der Waals surface area contributed by atoms with Gasteiger partial charge in [-0.1, -0.05) is 12.1 Å². The van der Waals surface area contributed by atoms with Crippen LogP contribution in [-0.4, -0.2) is 66.9 Å². The van der Waals surface area contributed by atoms with Gasteiger partial charge < -0.3 is 14.4 Å². The van der Waals surface area contributed by atoms with Gasteiger partial charge in [-0.25, -0.2) is 9.78 Å². The number of anilines is 1. The summed E-state index contributed by atoms with van der Waals surface area (Å²) in [5.74, 6) is 0.935. The molecule has 3 aromatic rings. The van der Waals surface area contributed by atoms with Gasteiger partial charge in [-0.2, -0.15) is 0 Å². The molecule has 0 amide bonds. The maximum absolute atomic E-state index is 13.6. The fraction of sp³-hybridized carbons (Fsp3) is 0.400. The second-order valence-electron chi connectivity index (χ2n) is 8.49. The first-order chi connectivity index (χ1) is 15.9. The molecule has 0 saturated carbocycles. The van der Waals surface area contributed by atoms with Crippen LogP contribution in [0.5, 0.6) is 5.75 Å². The van der Waals surface area contributed by atoms with Gasteiger partial charge in [-0.3, -0.25) is 14.3 Å². The zero-order chi connectivity index (χ0) is 23.5. The van der Waals surface area contributed by atoms with Crippen LogP contribution in [0.15, 0.2) is 47.3 Å². The van der Waals surface area contributed by atoms with E-state index in [4.69, 9.17) is 14.5 Å². The highest BCUT2D eigenvalue weighted by atomic mass is 16.5. The number of esters is 1. The number of ether oxygens (including phenoxy) is 2. The Hall–Kier alpha value is -3.39. The summed E-state index contributed by atoms with van der Waals surface area (Å²) < 4.78 is 11.8. The van der Waals surface area contributed by atoms with Crippen molar-refractivity contribution in [3.63, 3.8) is 0 Å². The lowest BCUT2D eigenvalue weighted by atomic mass is 10.1. The van der Waals surface area contributed by atoms with E-state index in [1.165, 1.54) is 7.11 Å². The second-order valence-corrected chi connectivity index (χ2v) is 8.49. The number of benzene rings is 2. The summed E-state index contributed by atoms with van der Waals surface area (Å²) >= 11 is 0. The standard InChI is InChI=1S/C25H30N4O4/c1-17(2)27-11-13-28(14-12-27)25-26-22-15-19(24(31)33-4)7-10-21(22)23(30)29(25)16-18-5-8-20(32-3)9-6-18/h5-10,15,17H,11-14,16H2,1-4H3. The fourth-order valence-electron chi connectivity index (χ4n) is 4.19. The maximum Gasteiger partial charge on any atom is 0.337 e. The zero-order valence-electron chi connectivity index (χ0n) is 19.6. The smallest absolute Gasteiger partial charge is 0.337 e. The van der Waals surface area contributed by atoms with Crippen molar-refractivity contribution >= 4 is 22.8 Å². The van der Waals surface area contributed by atoms with Crippen LogP contribution < -0.4 is 15.2 Å². The molecule has 0 aliphatic carbocycles. The van der Waals surface area contributed by atoms with E-state index in [0.29, 0.717) is 35.0 Å². The van der Waals surface area contributed by atoms with Crippen LogP contribution in [0.3, 0.4) is 0 Å². The first-order valence-corrected chi connectivity index (χ1v) is 11.2. The summed E-state index contributed by atoms with van der Waals surface area (Å²) in [5.41, 5.74) is 1.72. The molecule has 1 aromatic heterocycles. The Kier molecular flexibility index (Phi) is 6.65. The Bertz CT molecular complexity index is 1200. The van der Waals surface area contributed by atoms with E-state index in [2.05, 4.69) is 23.6 Å². The molecule has 33 heavy (non-hydrogen) atoms. The van der Waals surface area contributed by atoms with Crippen LogP contribution >= 0.6 is 0 Å². The Morgan fingerprint density at radius 1 is 1.03 bits per heavy atom. The molecule has 1 fully saturated rings. The van der Waals surface area contributed by atoms with E-state index in [0.717, 1.165) is 37.5 Å². The average molecular weight is 451 g/mol. The molecule has 1 aliphatic rings. The molecular weight excluding hydrogens is 420 g/mol. The number of aromatic nitrogens is 2. The summed E-state index contributed by atoms with van der Waals surface area (Å²) in [6.45, 7) is 8.12. The number of hydrogen-bond acceptors (Lipinski definition) is 7. The second kappa shape index (κ2) is 9.62. The highest BCUT2D eigenvalue weighted by Gasteiger charge is 2.24. The number of carbonyl (C=O) groups excluding carboxylic acids is 1. The Labute approximate surface area is 193 Å². The lowest BCUT2D eigenvalue weighted by Crippen LogP contribution is -2.50. The van der Waals surface area contributed by atoms with E-state index in [1.54, 1.807) is 29.9 Å². The third-order valence-electron chi connectivity index (χ3n) is 6.18. The SMILES string of the molecule is COC(=O)c1ccc2c(=O)n(Cc3ccc(OC)cc3)c(N3CCN(C(C)C)CC3)nc2c1. The van der Waals surface area contributed by atoms with Gasteiger partial charge in [0.1, 0.15) is 5.75 Å². The summed E-state index contributed by atoms with van der Waals surface area (Å²) in [5, 5.41) is 0.473. The minimum absolute atomic E-state index is 0.131. The Balaban J connectivity index is 1.79. The molecule has 174 valence electrons. The molecule has 0 N–H and O–H groups in total. The summed E-state index contributed by atoms with van der Waals surface area (Å²) in [6.07, 6.45) is 0. The van der Waals surface area contributed by atoms with Crippen molar-refractivity contribution in [3.05, 3.63) is 63.9 Å². The predicted molar refractivity (Wildman–Crippen MR) is 128 cm³/mol. The summed E-state index contributed by atoms with van der Waals surface area (Å²) in [4.78, 5) is 35.1.